The van der Waals surface area contributed by atoms with E-state index < -0.39 is 24.2 Å². The van der Waals surface area contributed by atoms with Gasteiger partial charge in [0.05, 0.1) is 18.0 Å². The number of methoxy groups -OCH3 is 1. The van der Waals surface area contributed by atoms with Crippen molar-refractivity contribution in [2.75, 3.05) is 26.7 Å². The fourth-order valence-electron chi connectivity index (χ4n) is 6.00. The van der Waals surface area contributed by atoms with Crippen LogP contribution in [-0.2, 0) is 11.5 Å². The molecule has 2 heterocycles. The van der Waals surface area contributed by atoms with Crippen LogP contribution in [0, 0.1) is 11.3 Å². The Labute approximate surface area is 206 Å². The zero-order chi connectivity index (χ0) is 24.8. The van der Waals surface area contributed by atoms with Crippen LogP contribution in [0.5, 0.6) is 5.75 Å². The van der Waals surface area contributed by atoms with Crippen molar-refractivity contribution in [1.82, 2.24) is 9.88 Å². The quantitative estimate of drug-likeness (QED) is 0.406. The molecule has 0 spiro atoms. The predicted molar refractivity (Wildman–Crippen MR) is 133 cm³/mol. The Kier molecular flexibility index (Phi) is 8.58. The molecule has 0 amide bonds. The van der Waals surface area contributed by atoms with Gasteiger partial charge in [-0.3, -0.25) is 9.78 Å². The van der Waals surface area contributed by atoms with Crippen molar-refractivity contribution in [2.45, 2.75) is 77.1 Å². The lowest BCUT2D eigenvalue weighted by Gasteiger charge is -2.39. The molecule has 1 aromatic heterocycles. The van der Waals surface area contributed by atoms with Crippen LogP contribution >= 0.6 is 0 Å². The number of rotatable bonds is 10. The Morgan fingerprint density at radius 1 is 1.26 bits per heavy atom. The Morgan fingerprint density at radius 3 is 2.66 bits per heavy atom. The highest BCUT2D eigenvalue weighted by molar-refractivity contribution is 5.85. The van der Waals surface area contributed by atoms with E-state index in [-0.39, 0.29) is 24.0 Å². The number of piperidine rings is 1. The summed E-state index contributed by atoms with van der Waals surface area (Å²) in [7, 11) is 1.53. The van der Waals surface area contributed by atoms with E-state index in [2.05, 4.69) is 9.88 Å². The highest BCUT2D eigenvalue weighted by atomic mass is 19.1. The number of ether oxygens (including phenoxy) is 1. The fraction of sp³-hybridized carbons (Fsp3) is 0.643. The first-order valence-corrected chi connectivity index (χ1v) is 13.1. The summed E-state index contributed by atoms with van der Waals surface area (Å²) in [6, 6.07) is 5.15. The molecule has 1 saturated carbocycles. The monoisotopic (exact) mass is 488 g/mol. The Balaban J connectivity index is 1.42. The number of carboxylic acids is 1. The molecule has 0 unspecified atom stereocenters. The minimum Gasteiger partial charge on any atom is -0.497 e. The lowest BCUT2D eigenvalue weighted by Crippen LogP contribution is -2.45. The number of aromatic nitrogens is 1. The maximum atomic E-state index is 15.7. The number of carboxylic acid groups (broad SMARTS) is 1. The van der Waals surface area contributed by atoms with Crippen molar-refractivity contribution in [2.24, 2.45) is 11.3 Å². The number of nitrogens with zero attached hydrogens (tertiary/aromatic N) is 2. The van der Waals surface area contributed by atoms with Crippen molar-refractivity contribution in [3.8, 4) is 5.75 Å². The number of likely N-dealkylation sites (tertiary alicyclic amines) is 1. The normalized spacial score (nSPS) is 20.1. The summed E-state index contributed by atoms with van der Waals surface area (Å²) in [4.78, 5) is 19.0. The van der Waals surface area contributed by atoms with Gasteiger partial charge in [0, 0.05) is 22.7 Å². The largest absolute Gasteiger partial charge is 0.497 e. The van der Waals surface area contributed by atoms with Crippen molar-refractivity contribution < 1.29 is 23.4 Å². The number of hydrogen-bond donors (Lipinski definition) is 1. The van der Waals surface area contributed by atoms with Gasteiger partial charge in [0.15, 0.2) is 0 Å². The van der Waals surface area contributed by atoms with E-state index in [1.54, 1.807) is 18.2 Å². The van der Waals surface area contributed by atoms with Gasteiger partial charge in [-0.05, 0) is 75.9 Å². The lowest BCUT2D eigenvalue weighted by molar-refractivity contribution is -0.153. The molecular weight excluding hydrogens is 450 g/mol. The summed E-state index contributed by atoms with van der Waals surface area (Å²) >= 11 is 0. The molecule has 35 heavy (non-hydrogen) atoms. The first kappa shape index (κ1) is 25.8. The Hall–Kier alpha value is -2.28. The number of alkyl halides is 2. The van der Waals surface area contributed by atoms with E-state index in [1.165, 1.54) is 51.8 Å². The van der Waals surface area contributed by atoms with E-state index in [1.807, 2.05) is 0 Å². The smallest absolute Gasteiger partial charge is 0.309 e. The van der Waals surface area contributed by atoms with E-state index in [0.717, 1.165) is 25.6 Å². The molecule has 2 aliphatic rings. The Morgan fingerprint density at radius 2 is 2.00 bits per heavy atom. The lowest BCUT2D eigenvalue weighted by atomic mass is 9.74. The molecule has 7 heteroatoms. The van der Waals surface area contributed by atoms with Gasteiger partial charge < -0.3 is 14.7 Å². The minimum absolute atomic E-state index is 0.0394. The zero-order valence-electron chi connectivity index (χ0n) is 20.8. The van der Waals surface area contributed by atoms with Gasteiger partial charge in [-0.2, -0.15) is 0 Å². The molecule has 192 valence electrons. The molecule has 1 aliphatic carbocycles. The summed E-state index contributed by atoms with van der Waals surface area (Å²) in [5.41, 5.74) is 0.115. The van der Waals surface area contributed by atoms with Gasteiger partial charge in [-0.15, -0.1) is 0 Å². The van der Waals surface area contributed by atoms with E-state index >= 15 is 4.39 Å². The molecule has 1 N–H and O–H groups in total. The Bertz CT molecular complexity index is 996. The van der Waals surface area contributed by atoms with E-state index in [0.29, 0.717) is 29.5 Å². The SMILES string of the molecule is COc1ccc2ncc(CF)c([C@H](F)CCC3(C(=O)O)CCN(CCC4CCCCC4)CC3)c2c1. The second-order valence-electron chi connectivity index (χ2n) is 10.4. The third-order valence-corrected chi connectivity index (χ3v) is 8.38. The minimum atomic E-state index is -1.47. The summed E-state index contributed by atoms with van der Waals surface area (Å²) < 4.78 is 34.7. The maximum Gasteiger partial charge on any atom is 0.309 e. The highest BCUT2D eigenvalue weighted by Gasteiger charge is 2.42. The first-order chi connectivity index (χ1) is 17.0. The zero-order valence-corrected chi connectivity index (χ0v) is 20.8. The van der Waals surface area contributed by atoms with Gasteiger partial charge >= 0.3 is 5.97 Å². The van der Waals surface area contributed by atoms with Crippen molar-refractivity contribution >= 4 is 16.9 Å². The summed E-state index contributed by atoms with van der Waals surface area (Å²) in [6.07, 6.45) is 9.10. The number of pyridine rings is 1. The first-order valence-electron chi connectivity index (χ1n) is 13.1. The second kappa shape index (κ2) is 11.6. The van der Waals surface area contributed by atoms with Gasteiger partial charge in [0.1, 0.15) is 18.6 Å². The molecule has 1 aromatic carbocycles. The van der Waals surface area contributed by atoms with Gasteiger partial charge in [-0.1, -0.05) is 32.1 Å². The molecule has 0 bridgehead atoms. The van der Waals surface area contributed by atoms with Crippen LogP contribution in [0.4, 0.5) is 8.78 Å². The number of benzene rings is 1. The van der Waals surface area contributed by atoms with Crippen LogP contribution in [0.25, 0.3) is 10.9 Å². The molecule has 1 aliphatic heterocycles. The number of carbonyl (C=O) groups is 1. The predicted octanol–water partition coefficient (Wildman–Crippen LogP) is 6.64. The van der Waals surface area contributed by atoms with Gasteiger partial charge in [0.2, 0.25) is 0 Å². The van der Waals surface area contributed by atoms with Crippen molar-refractivity contribution in [3.63, 3.8) is 0 Å². The highest BCUT2D eigenvalue weighted by Crippen LogP contribution is 2.42. The maximum absolute atomic E-state index is 15.7. The number of aliphatic carboxylic acids is 1. The number of fused-ring (bicyclic) bond motifs is 1. The molecule has 1 saturated heterocycles. The van der Waals surface area contributed by atoms with Gasteiger partial charge in [0.25, 0.3) is 0 Å². The van der Waals surface area contributed by atoms with Crippen molar-refractivity contribution in [3.05, 3.63) is 35.5 Å². The molecule has 2 aromatic rings. The average Bonchev–Trinajstić information content (AvgIpc) is 2.90. The van der Waals surface area contributed by atoms with Crippen molar-refractivity contribution in [1.29, 1.82) is 0 Å². The average molecular weight is 489 g/mol. The van der Waals surface area contributed by atoms with Crippen LogP contribution in [-0.4, -0.2) is 47.7 Å². The third kappa shape index (κ3) is 5.93. The van der Waals surface area contributed by atoms with Crippen LogP contribution in [0.15, 0.2) is 24.4 Å². The standard InChI is InChI=1S/C28H38F2N2O3/c1-35-22-7-8-25-23(17-22)26(21(18-29)19-31-25)24(30)9-11-28(27(33)34)12-15-32(16-13-28)14-10-20-5-3-2-4-6-20/h7-8,17,19-20,24H,2-6,9-16,18H2,1H3,(H,33,34)/t24-/m1/s1. The molecular formula is C28H38F2N2O3. The van der Waals surface area contributed by atoms with Crippen LogP contribution in [0.2, 0.25) is 0 Å². The van der Waals surface area contributed by atoms with E-state index in [4.69, 9.17) is 4.74 Å². The van der Waals surface area contributed by atoms with Crippen LogP contribution in [0.1, 0.15) is 81.5 Å². The summed E-state index contributed by atoms with van der Waals surface area (Å²) in [5, 5.41) is 10.6. The summed E-state index contributed by atoms with van der Waals surface area (Å²) in [5.74, 6) is 0.510. The second-order valence-corrected chi connectivity index (χ2v) is 10.4. The number of hydrogen-bond acceptors (Lipinski definition) is 4. The van der Waals surface area contributed by atoms with Gasteiger partial charge in [-0.25, -0.2) is 8.78 Å². The number of halogens is 2. The third-order valence-electron chi connectivity index (χ3n) is 8.38. The van der Waals surface area contributed by atoms with Crippen LogP contribution in [0.3, 0.4) is 0 Å². The topological polar surface area (TPSA) is 62.7 Å². The molecule has 5 nitrogen and oxygen atoms in total. The fourth-order valence-corrected chi connectivity index (χ4v) is 6.00. The molecule has 0 radical (unpaired) electrons. The summed E-state index contributed by atoms with van der Waals surface area (Å²) in [6.45, 7) is 1.68. The molecule has 2 fully saturated rings. The molecule has 4 rings (SSSR count). The van der Waals surface area contributed by atoms with E-state index in [9.17, 15) is 14.3 Å². The van der Waals surface area contributed by atoms with Crippen LogP contribution < -0.4 is 4.74 Å². The molecule has 1 atom stereocenters.